The highest BCUT2D eigenvalue weighted by Gasteiger charge is 2.19. The molecule has 19 heavy (non-hydrogen) atoms. The molecule has 0 saturated carbocycles. The number of fused-ring (bicyclic) bond motifs is 1. The van der Waals surface area contributed by atoms with E-state index in [-0.39, 0.29) is 6.09 Å². The fourth-order valence-corrected chi connectivity index (χ4v) is 2.08. The molecule has 0 atom stereocenters. The molecule has 0 aliphatic carbocycles. The summed E-state index contributed by atoms with van der Waals surface area (Å²) in [5, 5.41) is 1.05. The molecule has 2 N–H and O–H groups in total. The summed E-state index contributed by atoms with van der Waals surface area (Å²) in [6, 6.07) is 7.83. The second-order valence-electron chi connectivity index (χ2n) is 5.55. The standard InChI is InChI=1S/C15H20N2O2/c1-15(2,3)19-14(18)17-10-8-12-11(7-9-16)5-4-6-13(12)17/h4-6,8,10H,7,9,16H2,1-3H3. The van der Waals surface area contributed by atoms with Gasteiger partial charge in [0.1, 0.15) is 5.60 Å². The van der Waals surface area contributed by atoms with Gasteiger partial charge in [-0.05, 0) is 51.4 Å². The molecule has 0 aliphatic heterocycles. The van der Waals surface area contributed by atoms with Crippen molar-refractivity contribution in [3.8, 4) is 0 Å². The van der Waals surface area contributed by atoms with Gasteiger partial charge < -0.3 is 10.5 Å². The van der Waals surface area contributed by atoms with Crippen molar-refractivity contribution in [2.45, 2.75) is 32.8 Å². The van der Waals surface area contributed by atoms with E-state index in [2.05, 4.69) is 0 Å². The Morgan fingerprint density at radius 3 is 2.68 bits per heavy atom. The molecule has 0 bridgehead atoms. The first-order valence-electron chi connectivity index (χ1n) is 6.45. The first kappa shape index (κ1) is 13.6. The number of hydrogen-bond donors (Lipinski definition) is 1. The first-order chi connectivity index (χ1) is 8.92. The smallest absolute Gasteiger partial charge is 0.418 e. The minimum atomic E-state index is -0.497. The topological polar surface area (TPSA) is 57.2 Å². The molecule has 1 aromatic carbocycles. The van der Waals surface area contributed by atoms with E-state index in [1.165, 1.54) is 0 Å². The van der Waals surface area contributed by atoms with E-state index >= 15 is 0 Å². The molecule has 2 rings (SSSR count). The summed E-state index contributed by atoms with van der Waals surface area (Å²) in [5.41, 5.74) is 7.12. The molecular weight excluding hydrogens is 240 g/mol. The Hall–Kier alpha value is -1.81. The lowest BCUT2D eigenvalue weighted by Crippen LogP contribution is -2.26. The number of rotatable bonds is 2. The Kier molecular flexibility index (Phi) is 3.62. The second-order valence-corrected chi connectivity index (χ2v) is 5.55. The maximum atomic E-state index is 12.1. The summed E-state index contributed by atoms with van der Waals surface area (Å²) in [7, 11) is 0. The monoisotopic (exact) mass is 260 g/mol. The van der Waals surface area contributed by atoms with Crippen LogP contribution in [0.1, 0.15) is 26.3 Å². The third kappa shape index (κ3) is 2.96. The molecule has 0 aliphatic rings. The van der Waals surface area contributed by atoms with Crippen LogP contribution in [0.15, 0.2) is 30.5 Å². The molecule has 0 fully saturated rings. The van der Waals surface area contributed by atoms with Crippen LogP contribution in [0.2, 0.25) is 0 Å². The molecule has 102 valence electrons. The van der Waals surface area contributed by atoms with Crippen LogP contribution in [-0.2, 0) is 11.2 Å². The summed E-state index contributed by atoms with van der Waals surface area (Å²) >= 11 is 0. The zero-order chi connectivity index (χ0) is 14.0. The van der Waals surface area contributed by atoms with E-state index < -0.39 is 5.60 Å². The van der Waals surface area contributed by atoms with Crippen LogP contribution in [-0.4, -0.2) is 22.8 Å². The summed E-state index contributed by atoms with van der Waals surface area (Å²) in [4.78, 5) is 12.1. The van der Waals surface area contributed by atoms with E-state index in [4.69, 9.17) is 10.5 Å². The van der Waals surface area contributed by atoms with E-state index in [1.807, 2.05) is 45.0 Å². The zero-order valence-electron chi connectivity index (χ0n) is 11.6. The summed E-state index contributed by atoms with van der Waals surface area (Å²) in [6.45, 7) is 6.17. The van der Waals surface area contributed by atoms with Gasteiger partial charge >= 0.3 is 6.09 Å². The minimum Gasteiger partial charge on any atom is -0.443 e. The van der Waals surface area contributed by atoms with Gasteiger partial charge in [0.15, 0.2) is 0 Å². The number of hydrogen-bond acceptors (Lipinski definition) is 3. The highest BCUT2D eigenvalue weighted by Crippen LogP contribution is 2.22. The van der Waals surface area contributed by atoms with Crippen LogP contribution in [0, 0.1) is 0 Å². The third-order valence-electron chi connectivity index (χ3n) is 2.83. The lowest BCUT2D eigenvalue weighted by Gasteiger charge is -2.19. The molecule has 0 amide bonds. The van der Waals surface area contributed by atoms with Crippen LogP contribution < -0.4 is 5.73 Å². The van der Waals surface area contributed by atoms with Crippen LogP contribution in [0.5, 0.6) is 0 Å². The number of ether oxygens (including phenoxy) is 1. The molecule has 1 heterocycles. The average molecular weight is 260 g/mol. The van der Waals surface area contributed by atoms with E-state index in [1.54, 1.807) is 10.8 Å². The zero-order valence-corrected chi connectivity index (χ0v) is 11.6. The van der Waals surface area contributed by atoms with Gasteiger partial charge in [0, 0.05) is 11.6 Å². The molecular formula is C15H20N2O2. The molecule has 0 unspecified atom stereocenters. The molecule has 1 aromatic heterocycles. The largest absolute Gasteiger partial charge is 0.443 e. The second kappa shape index (κ2) is 5.05. The molecule has 0 saturated heterocycles. The van der Waals surface area contributed by atoms with Gasteiger partial charge in [-0.15, -0.1) is 0 Å². The average Bonchev–Trinajstić information content (AvgIpc) is 2.72. The van der Waals surface area contributed by atoms with Crippen LogP contribution in [0.3, 0.4) is 0 Å². The molecule has 0 spiro atoms. The van der Waals surface area contributed by atoms with Gasteiger partial charge in [-0.2, -0.15) is 0 Å². The third-order valence-corrected chi connectivity index (χ3v) is 2.83. The van der Waals surface area contributed by atoms with Crippen molar-refractivity contribution < 1.29 is 9.53 Å². The molecule has 0 radical (unpaired) electrons. The summed E-state index contributed by atoms with van der Waals surface area (Å²) in [6.07, 6.45) is 2.20. The summed E-state index contributed by atoms with van der Waals surface area (Å²) in [5.74, 6) is 0. The normalized spacial score (nSPS) is 11.8. The van der Waals surface area contributed by atoms with Crippen LogP contribution in [0.4, 0.5) is 4.79 Å². The van der Waals surface area contributed by atoms with E-state index in [0.29, 0.717) is 6.54 Å². The maximum absolute atomic E-state index is 12.1. The van der Waals surface area contributed by atoms with Crippen molar-refractivity contribution in [1.29, 1.82) is 0 Å². The number of nitrogens with two attached hydrogens (primary N) is 1. The Bertz CT molecular complexity index is 594. The first-order valence-corrected chi connectivity index (χ1v) is 6.45. The van der Waals surface area contributed by atoms with Gasteiger partial charge in [-0.25, -0.2) is 4.79 Å². The predicted molar refractivity (Wildman–Crippen MR) is 76.3 cm³/mol. The van der Waals surface area contributed by atoms with Crippen molar-refractivity contribution >= 4 is 17.0 Å². The fraction of sp³-hybridized carbons (Fsp3) is 0.400. The molecule has 4 nitrogen and oxygen atoms in total. The lowest BCUT2D eigenvalue weighted by molar-refractivity contribution is 0.0544. The van der Waals surface area contributed by atoms with Gasteiger partial charge in [-0.3, -0.25) is 4.57 Å². The molecule has 2 aromatic rings. The number of carbonyl (C=O) groups excluding carboxylic acids is 1. The highest BCUT2D eigenvalue weighted by atomic mass is 16.6. The quantitative estimate of drug-likeness (QED) is 0.903. The van der Waals surface area contributed by atoms with Gasteiger partial charge in [0.25, 0.3) is 0 Å². The van der Waals surface area contributed by atoms with Gasteiger partial charge in [0.2, 0.25) is 0 Å². The van der Waals surface area contributed by atoms with Crippen molar-refractivity contribution in [2.24, 2.45) is 5.73 Å². The maximum Gasteiger partial charge on any atom is 0.418 e. The number of nitrogens with zero attached hydrogens (tertiary/aromatic N) is 1. The van der Waals surface area contributed by atoms with Crippen LogP contribution >= 0.6 is 0 Å². The van der Waals surface area contributed by atoms with Gasteiger partial charge in [-0.1, -0.05) is 12.1 Å². The Balaban J connectivity index is 2.41. The van der Waals surface area contributed by atoms with Crippen molar-refractivity contribution in [3.05, 3.63) is 36.0 Å². The number of benzene rings is 1. The van der Waals surface area contributed by atoms with E-state index in [0.717, 1.165) is 22.9 Å². The van der Waals surface area contributed by atoms with Crippen molar-refractivity contribution in [2.75, 3.05) is 6.54 Å². The van der Waals surface area contributed by atoms with Crippen molar-refractivity contribution in [3.63, 3.8) is 0 Å². The Labute approximate surface area is 113 Å². The highest BCUT2D eigenvalue weighted by molar-refractivity contribution is 5.91. The van der Waals surface area contributed by atoms with Crippen molar-refractivity contribution in [1.82, 2.24) is 4.57 Å². The fourth-order valence-electron chi connectivity index (χ4n) is 2.08. The van der Waals surface area contributed by atoms with E-state index in [9.17, 15) is 4.79 Å². The SMILES string of the molecule is CC(C)(C)OC(=O)n1ccc2c(CCN)cccc21. The molecule has 4 heteroatoms. The van der Waals surface area contributed by atoms with Gasteiger partial charge in [0.05, 0.1) is 5.52 Å². The minimum absolute atomic E-state index is 0.354. The predicted octanol–water partition coefficient (Wildman–Crippen LogP) is 2.93. The Morgan fingerprint density at radius 1 is 1.32 bits per heavy atom. The number of carbonyl (C=O) groups is 1. The summed E-state index contributed by atoms with van der Waals surface area (Å²) < 4.78 is 6.93. The van der Waals surface area contributed by atoms with Crippen LogP contribution in [0.25, 0.3) is 10.9 Å². The Morgan fingerprint density at radius 2 is 2.05 bits per heavy atom. The lowest BCUT2D eigenvalue weighted by atomic mass is 10.1. The number of aromatic nitrogens is 1.